The molecule has 4 rings (SSSR count). The van der Waals surface area contributed by atoms with Gasteiger partial charge >= 0.3 is 5.97 Å². The van der Waals surface area contributed by atoms with E-state index in [4.69, 9.17) is 10.8 Å². The zero-order valence-corrected chi connectivity index (χ0v) is 20.3. The number of aryl methyl sites for hydroxylation is 1. The van der Waals surface area contributed by atoms with Crippen LogP contribution in [0.3, 0.4) is 0 Å². The average Bonchev–Trinajstić information content (AvgIpc) is 3.17. The van der Waals surface area contributed by atoms with Crippen molar-refractivity contribution in [3.8, 4) is 11.3 Å². The molecule has 2 aromatic heterocycles. The second-order valence-electron chi connectivity index (χ2n) is 8.83. The second kappa shape index (κ2) is 10.7. The van der Waals surface area contributed by atoms with Gasteiger partial charge in [0.2, 0.25) is 0 Å². The lowest BCUT2D eigenvalue weighted by molar-refractivity contribution is -0.132. The lowest BCUT2D eigenvalue weighted by Gasteiger charge is -2.27. The smallest absolute Gasteiger partial charge is 0.338 e. The van der Waals surface area contributed by atoms with Crippen molar-refractivity contribution in [1.82, 2.24) is 19.5 Å². The summed E-state index contributed by atoms with van der Waals surface area (Å²) in [5, 5.41) is 13.6. The van der Waals surface area contributed by atoms with Crippen LogP contribution >= 0.6 is 0 Å². The number of halogens is 1. The standard InChI is InChI=1S/C26H29FN6O3/c1-3-19-12-23(25(34)32-10-6-4-5-7-16(32)2)30-24-13-22(31-33(19)24)20-9-8-18(11-21(20)27)29-15-17(14-28)26(35)36/h8-9,11-16H,3-7,10,28H2,1-2H3,(H,35,36)/t16-/m1/s1. The molecule has 1 aliphatic heterocycles. The molecule has 36 heavy (non-hydrogen) atoms. The molecular weight excluding hydrogens is 463 g/mol. The van der Waals surface area contributed by atoms with Crippen LogP contribution in [0.2, 0.25) is 0 Å². The fraction of sp³-hybridized carbons (Fsp3) is 0.346. The molecule has 1 amide bonds. The first-order chi connectivity index (χ1) is 17.3. The summed E-state index contributed by atoms with van der Waals surface area (Å²) in [5.74, 6) is -1.90. The zero-order valence-electron chi connectivity index (χ0n) is 20.3. The van der Waals surface area contributed by atoms with Crippen LogP contribution in [0, 0.1) is 5.82 Å². The number of hydrogen-bond donors (Lipinski definition) is 2. The maximum atomic E-state index is 15.0. The quantitative estimate of drug-likeness (QED) is 0.394. The van der Waals surface area contributed by atoms with Gasteiger partial charge in [-0.15, -0.1) is 0 Å². The molecule has 3 heterocycles. The summed E-state index contributed by atoms with van der Waals surface area (Å²) in [4.78, 5) is 34.8. The number of benzene rings is 1. The normalized spacial score (nSPS) is 17.0. The number of fused-ring (bicyclic) bond motifs is 1. The molecule has 3 aromatic rings. The number of carboxylic acids is 1. The Morgan fingerprint density at radius 2 is 2.06 bits per heavy atom. The molecule has 0 aliphatic carbocycles. The number of hydrogen-bond acceptors (Lipinski definition) is 6. The Labute approximate surface area is 208 Å². The molecule has 1 fully saturated rings. The minimum Gasteiger partial charge on any atom is -0.478 e. The van der Waals surface area contributed by atoms with E-state index < -0.39 is 11.8 Å². The highest BCUT2D eigenvalue weighted by Gasteiger charge is 2.25. The summed E-state index contributed by atoms with van der Waals surface area (Å²) < 4.78 is 16.6. The van der Waals surface area contributed by atoms with Gasteiger partial charge in [0.25, 0.3) is 5.91 Å². The summed E-state index contributed by atoms with van der Waals surface area (Å²) >= 11 is 0. The first-order valence-corrected chi connectivity index (χ1v) is 12.0. The van der Waals surface area contributed by atoms with E-state index in [2.05, 4.69) is 22.0 Å². The van der Waals surface area contributed by atoms with Crippen molar-refractivity contribution in [3.05, 3.63) is 59.3 Å². The van der Waals surface area contributed by atoms with Gasteiger partial charge in [-0.3, -0.25) is 9.79 Å². The van der Waals surface area contributed by atoms with E-state index in [1.165, 1.54) is 12.1 Å². The SMILES string of the molecule is CCc1cc(C(=O)N2CCCCC[C@H]2C)nc2cc(-c3ccc(N=CC(=CN)C(=O)O)cc3F)nn12. The second-order valence-corrected chi connectivity index (χ2v) is 8.83. The highest BCUT2D eigenvalue weighted by Crippen LogP contribution is 2.27. The third-order valence-corrected chi connectivity index (χ3v) is 6.40. The lowest BCUT2D eigenvalue weighted by atomic mass is 10.1. The minimum absolute atomic E-state index is 0.0926. The number of amides is 1. The minimum atomic E-state index is -1.23. The molecule has 1 atom stereocenters. The predicted molar refractivity (Wildman–Crippen MR) is 135 cm³/mol. The summed E-state index contributed by atoms with van der Waals surface area (Å²) in [6, 6.07) is 7.85. The Morgan fingerprint density at radius 3 is 2.75 bits per heavy atom. The Hall–Kier alpha value is -4.08. The molecule has 0 bridgehead atoms. The Morgan fingerprint density at radius 1 is 1.25 bits per heavy atom. The largest absolute Gasteiger partial charge is 0.478 e. The zero-order chi connectivity index (χ0) is 25.8. The van der Waals surface area contributed by atoms with E-state index in [9.17, 15) is 14.0 Å². The van der Waals surface area contributed by atoms with Crippen LogP contribution in [0.5, 0.6) is 0 Å². The molecule has 0 saturated carbocycles. The molecule has 9 nitrogen and oxygen atoms in total. The molecule has 1 aromatic carbocycles. The maximum absolute atomic E-state index is 15.0. The molecule has 0 unspecified atom stereocenters. The van der Waals surface area contributed by atoms with Crippen LogP contribution in [0.25, 0.3) is 16.9 Å². The highest BCUT2D eigenvalue weighted by molar-refractivity contribution is 6.08. The summed E-state index contributed by atoms with van der Waals surface area (Å²) in [6.07, 6.45) is 6.78. The fourth-order valence-corrected chi connectivity index (χ4v) is 4.36. The molecule has 0 spiro atoms. The first kappa shape index (κ1) is 25.0. The van der Waals surface area contributed by atoms with Crippen LogP contribution in [0.15, 0.2) is 47.1 Å². The van der Waals surface area contributed by atoms with Crippen LogP contribution in [-0.4, -0.2) is 55.3 Å². The molecular formula is C26H29FN6O3. The van der Waals surface area contributed by atoms with Gasteiger partial charge in [0.15, 0.2) is 5.65 Å². The molecule has 10 heteroatoms. The summed E-state index contributed by atoms with van der Waals surface area (Å²) in [7, 11) is 0. The number of nitrogens with zero attached hydrogens (tertiary/aromatic N) is 5. The van der Waals surface area contributed by atoms with Crippen LogP contribution in [0.4, 0.5) is 10.1 Å². The van der Waals surface area contributed by atoms with Gasteiger partial charge in [-0.05, 0) is 44.4 Å². The summed E-state index contributed by atoms with van der Waals surface area (Å²) in [5.41, 5.74) is 7.53. The van der Waals surface area contributed by atoms with Gasteiger partial charge in [0.05, 0.1) is 17.0 Å². The average molecular weight is 493 g/mol. The Bertz CT molecular complexity index is 1360. The maximum Gasteiger partial charge on any atom is 0.338 e. The third-order valence-electron chi connectivity index (χ3n) is 6.40. The highest BCUT2D eigenvalue weighted by atomic mass is 19.1. The van der Waals surface area contributed by atoms with Gasteiger partial charge in [-0.25, -0.2) is 18.7 Å². The molecule has 1 aliphatic rings. The number of carbonyl (C=O) groups excluding carboxylic acids is 1. The van der Waals surface area contributed by atoms with Crippen molar-refractivity contribution in [2.75, 3.05) is 6.54 Å². The number of aliphatic imine (C=N–C) groups is 1. The molecule has 3 N–H and O–H groups in total. The van der Waals surface area contributed by atoms with Crippen molar-refractivity contribution < 1.29 is 19.1 Å². The van der Waals surface area contributed by atoms with Gasteiger partial charge in [-0.1, -0.05) is 19.8 Å². The van der Waals surface area contributed by atoms with Gasteiger partial charge in [-0.2, -0.15) is 5.10 Å². The predicted octanol–water partition coefficient (Wildman–Crippen LogP) is 4.13. The van der Waals surface area contributed by atoms with E-state index in [1.54, 1.807) is 22.7 Å². The van der Waals surface area contributed by atoms with Gasteiger partial charge in [0, 0.05) is 48.4 Å². The van der Waals surface area contributed by atoms with Crippen molar-refractivity contribution in [3.63, 3.8) is 0 Å². The van der Waals surface area contributed by atoms with Crippen LogP contribution < -0.4 is 5.73 Å². The number of likely N-dealkylation sites (tertiary alicyclic amines) is 1. The van der Waals surface area contributed by atoms with Crippen molar-refractivity contribution in [1.29, 1.82) is 0 Å². The lowest BCUT2D eigenvalue weighted by Crippen LogP contribution is -2.38. The topological polar surface area (TPSA) is 126 Å². The Balaban J connectivity index is 1.67. The number of carbonyl (C=O) groups is 2. The van der Waals surface area contributed by atoms with E-state index in [1.807, 2.05) is 11.8 Å². The third kappa shape index (κ3) is 5.12. The Kier molecular flexibility index (Phi) is 7.42. The van der Waals surface area contributed by atoms with Crippen LogP contribution in [0.1, 0.15) is 55.7 Å². The number of carboxylic acid groups (broad SMARTS) is 1. The summed E-state index contributed by atoms with van der Waals surface area (Å²) in [6.45, 7) is 4.76. The monoisotopic (exact) mass is 492 g/mol. The van der Waals surface area contributed by atoms with E-state index in [0.29, 0.717) is 30.0 Å². The number of aromatic nitrogens is 3. The van der Waals surface area contributed by atoms with E-state index >= 15 is 0 Å². The number of nitrogens with two attached hydrogens (primary N) is 1. The van der Waals surface area contributed by atoms with E-state index in [-0.39, 0.29) is 28.8 Å². The fourth-order valence-electron chi connectivity index (χ4n) is 4.36. The van der Waals surface area contributed by atoms with Crippen LogP contribution in [-0.2, 0) is 11.2 Å². The van der Waals surface area contributed by atoms with Crippen molar-refractivity contribution >= 4 is 29.4 Å². The van der Waals surface area contributed by atoms with Gasteiger partial charge in [0.1, 0.15) is 11.5 Å². The first-order valence-electron chi connectivity index (χ1n) is 12.0. The number of aliphatic carboxylic acids is 1. The molecule has 188 valence electrons. The van der Waals surface area contributed by atoms with Gasteiger partial charge < -0.3 is 15.7 Å². The van der Waals surface area contributed by atoms with Crippen molar-refractivity contribution in [2.45, 2.75) is 52.0 Å². The van der Waals surface area contributed by atoms with E-state index in [0.717, 1.165) is 43.8 Å². The van der Waals surface area contributed by atoms with Crippen molar-refractivity contribution in [2.24, 2.45) is 10.7 Å². The molecule has 1 saturated heterocycles. The molecule has 0 radical (unpaired) electrons. The number of rotatable bonds is 6.